The summed E-state index contributed by atoms with van der Waals surface area (Å²) in [7, 11) is 1.86. The van der Waals surface area contributed by atoms with Gasteiger partial charge in [0.1, 0.15) is 0 Å². The number of hydrogen-bond acceptors (Lipinski definition) is 3. The van der Waals surface area contributed by atoms with Gasteiger partial charge in [-0.05, 0) is 18.4 Å². The van der Waals surface area contributed by atoms with Crippen LogP contribution in [0.2, 0.25) is 0 Å². The first kappa shape index (κ1) is 18.0. The molecule has 0 saturated heterocycles. The molecule has 0 spiro atoms. The summed E-state index contributed by atoms with van der Waals surface area (Å²) >= 11 is 0. The third-order valence-corrected chi connectivity index (χ3v) is 3.58. The number of amides is 2. The van der Waals surface area contributed by atoms with Gasteiger partial charge >= 0.3 is 6.03 Å². The zero-order valence-electron chi connectivity index (χ0n) is 14.4. The van der Waals surface area contributed by atoms with Crippen LogP contribution >= 0.6 is 0 Å². The maximum atomic E-state index is 11.9. The second-order valence-corrected chi connectivity index (χ2v) is 5.60. The molecule has 6 nitrogen and oxygen atoms in total. The molecule has 0 fully saturated rings. The summed E-state index contributed by atoms with van der Waals surface area (Å²) in [5.41, 5.74) is 2.01. The van der Waals surface area contributed by atoms with Crippen molar-refractivity contribution in [3.05, 3.63) is 36.4 Å². The van der Waals surface area contributed by atoms with Crippen molar-refractivity contribution in [2.24, 2.45) is 7.05 Å². The van der Waals surface area contributed by atoms with Gasteiger partial charge in [0, 0.05) is 32.9 Å². The van der Waals surface area contributed by atoms with Crippen LogP contribution in [0.15, 0.2) is 36.4 Å². The third kappa shape index (κ3) is 5.70. The number of rotatable bonds is 9. The van der Waals surface area contributed by atoms with Crippen molar-refractivity contribution in [3.63, 3.8) is 0 Å². The topological polar surface area (TPSA) is 68.2 Å². The molecule has 130 valence electrons. The highest BCUT2D eigenvalue weighted by atomic mass is 16.5. The lowest BCUT2D eigenvalue weighted by Gasteiger charge is -2.06. The molecule has 2 rings (SSSR count). The van der Waals surface area contributed by atoms with E-state index in [1.54, 1.807) is 4.68 Å². The van der Waals surface area contributed by atoms with Gasteiger partial charge in [-0.2, -0.15) is 5.10 Å². The fourth-order valence-corrected chi connectivity index (χ4v) is 2.29. The predicted octanol–water partition coefficient (Wildman–Crippen LogP) is 3.42. The summed E-state index contributed by atoms with van der Waals surface area (Å²) in [6.45, 7) is 4.17. The molecule has 2 amide bonds. The highest BCUT2D eigenvalue weighted by Gasteiger charge is 2.09. The highest BCUT2D eigenvalue weighted by Crippen LogP contribution is 2.21. The molecule has 0 atom stereocenters. The van der Waals surface area contributed by atoms with Crippen LogP contribution in [0.25, 0.3) is 11.3 Å². The quantitative estimate of drug-likeness (QED) is 0.692. The van der Waals surface area contributed by atoms with Crippen molar-refractivity contribution in [2.75, 3.05) is 25.1 Å². The summed E-state index contributed by atoms with van der Waals surface area (Å²) in [4.78, 5) is 11.9. The maximum absolute atomic E-state index is 11.9. The number of nitrogens with one attached hydrogen (secondary N) is 2. The van der Waals surface area contributed by atoms with Crippen molar-refractivity contribution in [3.8, 4) is 11.3 Å². The van der Waals surface area contributed by atoms with Gasteiger partial charge in [-0.3, -0.25) is 10.00 Å². The Balaban J connectivity index is 1.75. The fraction of sp³-hybridized carbons (Fsp3) is 0.444. The first-order chi connectivity index (χ1) is 11.7. The smallest absolute Gasteiger partial charge is 0.320 e. The molecule has 0 aliphatic heterocycles. The Morgan fingerprint density at radius 3 is 2.71 bits per heavy atom. The molecule has 1 aromatic carbocycles. The SMILES string of the molecule is CCCCOCCCNC(=O)Nc1cc(-c2ccccc2)n(C)n1. The summed E-state index contributed by atoms with van der Waals surface area (Å²) in [6.07, 6.45) is 3.02. The second kappa shape index (κ2) is 9.72. The zero-order chi connectivity index (χ0) is 17.2. The molecule has 0 aliphatic rings. The number of ether oxygens (including phenoxy) is 1. The van der Waals surface area contributed by atoms with Crippen LogP contribution in [0.4, 0.5) is 10.6 Å². The Morgan fingerprint density at radius 1 is 1.21 bits per heavy atom. The summed E-state index contributed by atoms with van der Waals surface area (Å²) in [5, 5.41) is 9.90. The molecular weight excluding hydrogens is 304 g/mol. The first-order valence-electron chi connectivity index (χ1n) is 8.42. The Morgan fingerprint density at radius 2 is 1.96 bits per heavy atom. The second-order valence-electron chi connectivity index (χ2n) is 5.60. The van der Waals surface area contributed by atoms with Gasteiger partial charge in [-0.1, -0.05) is 43.7 Å². The van der Waals surface area contributed by atoms with E-state index in [1.165, 1.54) is 0 Å². The largest absolute Gasteiger partial charge is 0.381 e. The number of aryl methyl sites for hydroxylation is 1. The maximum Gasteiger partial charge on any atom is 0.320 e. The molecule has 0 aliphatic carbocycles. The van der Waals surface area contributed by atoms with E-state index in [9.17, 15) is 4.79 Å². The number of nitrogens with zero attached hydrogens (tertiary/aromatic N) is 2. The Labute approximate surface area is 143 Å². The molecule has 24 heavy (non-hydrogen) atoms. The van der Waals surface area contributed by atoms with E-state index in [2.05, 4.69) is 22.7 Å². The van der Waals surface area contributed by atoms with Crippen LogP contribution in [0.3, 0.4) is 0 Å². The number of carbonyl (C=O) groups is 1. The molecule has 0 bridgehead atoms. The van der Waals surface area contributed by atoms with Gasteiger partial charge in [0.25, 0.3) is 0 Å². The minimum Gasteiger partial charge on any atom is -0.381 e. The van der Waals surface area contributed by atoms with E-state index >= 15 is 0 Å². The molecule has 0 radical (unpaired) electrons. The number of anilines is 1. The molecule has 1 heterocycles. The van der Waals surface area contributed by atoms with Crippen LogP contribution in [0.5, 0.6) is 0 Å². The average Bonchev–Trinajstić information content (AvgIpc) is 2.95. The van der Waals surface area contributed by atoms with E-state index in [-0.39, 0.29) is 6.03 Å². The zero-order valence-corrected chi connectivity index (χ0v) is 14.4. The van der Waals surface area contributed by atoms with Crippen molar-refractivity contribution < 1.29 is 9.53 Å². The number of urea groups is 1. The fourth-order valence-electron chi connectivity index (χ4n) is 2.29. The predicted molar refractivity (Wildman–Crippen MR) is 96.0 cm³/mol. The first-order valence-corrected chi connectivity index (χ1v) is 8.42. The number of carbonyl (C=O) groups excluding carboxylic acids is 1. The van der Waals surface area contributed by atoms with Crippen LogP contribution in [-0.2, 0) is 11.8 Å². The van der Waals surface area contributed by atoms with Gasteiger partial charge in [0.05, 0.1) is 5.69 Å². The molecule has 2 aromatic rings. The van der Waals surface area contributed by atoms with Crippen molar-refractivity contribution >= 4 is 11.8 Å². The third-order valence-electron chi connectivity index (χ3n) is 3.58. The number of unbranched alkanes of at least 4 members (excludes halogenated alkanes) is 1. The van der Waals surface area contributed by atoms with Crippen LogP contribution in [-0.4, -0.2) is 35.6 Å². The summed E-state index contributed by atoms with van der Waals surface area (Å²) in [5.74, 6) is 0.535. The van der Waals surface area contributed by atoms with Gasteiger partial charge in [0.2, 0.25) is 0 Å². The van der Waals surface area contributed by atoms with Gasteiger partial charge in [0.15, 0.2) is 5.82 Å². The molecule has 6 heteroatoms. The van der Waals surface area contributed by atoms with E-state index in [0.29, 0.717) is 19.0 Å². The lowest BCUT2D eigenvalue weighted by molar-refractivity contribution is 0.129. The summed E-state index contributed by atoms with van der Waals surface area (Å²) in [6, 6.07) is 11.6. The van der Waals surface area contributed by atoms with Crippen molar-refractivity contribution in [1.29, 1.82) is 0 Å². The number of benzene rings is 1. The normalized spacial score (nSPS) is 10.6. The monoisotopic (exact) mass is 330 g/mol. The molecule has 0 unspecified atom stereocenters. The van der Waals surface area contributed by atoms with Crippen molar-refractivity contribution in [2.45, 2.75) is 26.2 Å². The summed E-state index contributed by atoms with van der Waals surface area (Å²) < 4.78 is 7.21. The average molecular weight is 330 g/mol. The molecule has 1 aromatic heterocycles. The van der Waals surface area contributed by atoms with Crippen molar-refractivity contribution in [1.82, 2.24) is 15.1 Å². The minimum absolute atomic E-state index is 0.249. The standard InChI is InChI=1S/C18H26N4O2/c1-3-4-12-24-13-8-11-19-18(23)20-17-14-16(22(2)21-17)15-9-6-5-7-10-15/h5-7,9-10,14H,3-4,8,11-13H2,1-2H3,(H2,19,20,21,23). The lowest BCUT2D eigenvalue weighted by atomic mass is 10.1. The van der Waals surface area contributed by atoms with Crippen LogP contribution < -0.4 is 10.6 Å². The van der Waals surface area contributed by atoms with E-state index < -0.39 is 0 Å². The number of hydrogen-bond donors (Lipinski definition) is 2. The highest BCUT2D eigenvalue weighted by molar-refractivity contribution is 5.88. The van der Waals surface area contributed by atoms with Gasteiger partial charge in [-0.25, -0.2) is 4.79 Å². The van der Waals surface area contributed by atoms with Crippen LogP contribution in [0.1, 0.15) is 26.2 Å². The molecule has 0 saturated carbocycles. The lowest BCUT2D eigenvalue weighted by Crippen LogP contribution is -2.30. The van der Waals surface area contributed by atoms with Gasteiger partial charge < -0.3 is 10.1 Å². The van der Waals surface area contributed by atoms with E-state index in [1.807, 2.05) is 43.4 Å². The van der Waals surface area contributed by atoms with E-state index in [4.69, 9.17) is 4.74 Å². The van der Waals surface area contributed by atoms with Crippen LogP contribution in [0, 0.1) is 0 Å². The molecule has 2 N–H and O–H groups in total. The number of aromatic nitrogens is 2. The Bertz CT molecular complexity index is 625. The van der Waals surface area contributed by atoms with Gasteiger partial charge in [-0.15, -0.1) is 0 Å². The minimum atomic E-state index is -0.249. The Hall–Kier alpha value is -2.34. The Kier molecular flexibility index (Phi) is 7.29. The molecular formula is C18H26N4O2. The van der Waals surface area contributed by atoms with E-state index in [0.717, 1.165) is 37.1 Å².